The molecule has 2 heterocycles. The summed E-state index contributed by atoms with van der Waals surface area (Å²) in [6, 6.07) is 2.03. The van der Waals surface area contributed by atoms with Gasteiger partial charge in [0, 0.05) is 19.1 Å². The minimum absolute atomic E-state index is 0.0185. The summed E-state index contributed by atoms with van der Waals surface area (Å²) in [7, 11) is 0. The van der Waals surface area contributed by atoms with Crippen LogP contribution in [0.1, 0.15) is 29.0 Å². The van der Waals surface area contributed by atoms with Gasteiger partial charge in [0.05, 0.1) is 18.4 Å². The molecule has 1 aliphatic rings. The maximum absolute atomic E-state index is 12.3. The van der Waals surface area contributed by atoms with E-state index in [0.29, 0.717) is 30.5 Å². The lowest BCUT2D eigenvalue weighted by molar-refractivity contribution is 0.0705. The van der Waals surface area contributed by atoms with E-state index in [4.69, 9.17) is 9.52 Å². The molecule has 18 heavy (non-hydrogen) atoms. The summed E-state index contributed by atoms with van der Waals surface area (Å²) in [5.74, 6) is 0.561. The molecule has 1 fully saturated rings. The van der Waals surface area contributed by atoms with Crippen molar-refractivity contribution in [2.75, 3.05) is 26.2 Å². The number of aliphatic hydroxyl groups is 1. The minimum Gasteiger partial charge on any atom is -0.469 e. The van der Waals surface area contributed by atoms with Crippen LogP contribution in [0.3, 0.4) is 0 Å². The highest BCUT2D eigenvalue weighted by molar-refractivity contribution is 5.95. The van der Waals surface area contributed by atoms with E-state index in [-0.39, 0.29) is 12.5 Å². The predicted octanol–water partition coefficient (Wildman–Crippen LogP) is 0.775. The molecule has 5 nitrogen and oxygen atoms in total. The zero-order chi connectivity index (χ0) is 13.0. The molecule has 1 amide bonds. The maximum atomic E-state index is 12.3. The molecule has 0 saturated carbocycles. The second-order valence-corrected chi connectivity index (χ2v) is 4.66. The van der Waals surface area contributed by atoms with Gasteiger partial charge in [-0.3, -0.25) is 4.79 Å². The largest absolute Gasteiger partial charge is 0.469 e. The third kappa shape index (κ3) is 2.91. The smallest absolute Gasteiger partial charge is 0.257 e. The molecule has 1 aliphatic heterocycles. The SMILES string of the molecule is Cc1occc1C(=O)N(CCO)CC1CCCN1. The van der Waals surface area contributed by atoms with Crippen LogP contribution in [-0.2, 0) is 0 Å². The Kier molecular flexibility index (Phi) is 4.38. The standard InChI is InChI=1S/C13H20N2O3/c1-10-12(4-8-18-10)13(17)15(6-7-16)9-11-3-2-5-14-11/h4,8,11,14,16H,2-3,5-7,9H2,1H3. The number of furan rings is 1. The molecule has 0 aliphatic carbocycles. The quantitative estimate of drug-likeness (QED) is 0.812. The maximum Gasteiger partial charge on any atom is 0.257 e. The van der Waals surface area contributed by atoms with E-state index in [0.717, 1.165) is 19.4 Å². The average Bonchev–Trinajstić information content (AvgIpc) is 2.99. The van der Waals surface area contributed by atoms with Crippen molar-refractivity contribution in [2.24, 2.45) is 0 Å². The Morgan fingerprint density at radius 2 is 2.50 bits per heavy atom. The third-order valence-electron chi connectivity index (χ3n) is 3.35. The molecular weight excluding hydrogens is 232 g/mol. The van der Waals surface area contributed by atoms with Crippen molar-refractivity contribution in [1.82, 2.24) is 10.2 Å². The van der Waals surface area contributed by atoms with Crippen LogP contribution in [0.25, 0.3) is 0 Å². The van der Waals surface area contributed by atoms with Crippen LogP contribution in [-0.4, -0.2) is 48.2 Å². The highest BCUT2D eigenvalue weighted by atomic mass is 16.3. The van der Waals surface area contributed by atoms with Crippen molar-refractivity contribution in [2.45, 2.75) is 25.8 Å². The molecule has 2 rings (SSSR count). The average molecular weight is 252 g/mol. The molecule has 1 atom stereocenters. The Balaban J connectivity index is 2.04. The van der Waals surface area contributed by atoms with E-state index >= 15 is 0 Å². The normalized spacial score (nSPS) is 19.1. The monoisotopic (exact) mass is 252 g/mol. The van der Waals surface area contributed by atoms with Gasteiger partial charge in [0.2, 0.25) is 0 Å². The number of aryl methyl sites for hydroxylation is 1. The van der Waals surface area contributed by atoms with E-state index < -0.39 is 0 Å². The highest BCUT2D eigenvalue weighted by Crippen LogP contribution is 2.14. The van der Waals surface area contributed by atoms with E-state index in [1.165, 1.54) is 6.26 Å². The first-order valence-electron chi connectivity index (χ1n) is 6.40. The number of carbonyl (C=O) groups excluding carboxylic acids is 1. The Labute approximate surface area is 107 Å². The molecule has 1 aromatic heterocycles. The molecule has 100 valence electrons. The molecule has 5 heteroatoms. The van der Waals surface area contributed by atoms with Crippen LogP contribution in [0.2, 0.25) is 0 Å². The molecule has 0 aromatic carbocycles. The fraction of sp³-hybridized carbons (Fsp3) is 0.615. The lowest BCUT2D eigenvalue weighted by Gasteiger charge is -2.25. The zero-order valence-electron chi connectivity index (χ0n) is 10.7. The van der Waals surface area contributed by atoms with Crippen molar-refractivity contribution >= 4 is 5.91 Å². The zero-order valence-corrected chi connectivity index (χ0v) is 10.7. The first-order chi connectivity index (χ1) is 8.72. The molecular formula is C13H20N2O3. The summed E-state index contributed by atoms with van der Waals surface area (Å²) >= 11 is 0. The van der Waals surface area contributed by atoms with Crippen molar-refractivity contribution < 1.29 is 14.3 Å². The van der Waals surface area contributed by atoms with Gasteiger partial charge in [-0.2, -0.15) is 0 Å². The Bertz CT molecular complexity index is 397. The van der Waals surface area contributed by atoms with Gasteiger partial charge in [0.15, 0.2) is 0 Å². The molecule has 2 N–H and O–H groups in total. The van der Waals surface area contributed by atoms with Gasteiger partial charge < -0.3 is 19.7 Å². The number of aliphatic hydroxyl groups excluding tert-OH is 1. The molecule has 1 unspecified atom stereocenters. The molecule has 0 spiro atoms. The number of amides is 1. The number of carbonyl (C=O) groups is 1. The first-order valence-corrected chi connectivity index (χ1v) is 6.40. The number of hydrogen-bond acceptors (Lipinski definition) is 4. The molecule has 1 aromatic rings. The van der Waals surface area contributed by atoms with Gasteiger partial charge in [-0.15, -0.1) is 0 Å². The Morgan fingerprint density at radius 1 is 1.67 bits per heavy atom. The van der Waals surface area contributed by atoms with Gasteiger partial charge in [0.1, 0.15) is 5.76 Å². The third-order valence-corrected chi connectivity index (χ3v) is 3.35. The second-order valence-electron chi connectivity index (χ2n) is 4.66. The summed E-state index contributed by atoms with van der Waals surface area (Å²) in [6.45, 7) is 3.77. The van der Waals surface area contributed by atoms with Crippen LogP contribution >= 0.6 is 0 Å². The summed E-state index contributed by atoms with van der Waals surface area (Å²) in [5.41, 5.74) is 0.585. The topological polar surface area (TPSA) is 65.7 Å². The lowest BCUT2D eigenvalue weighted by Crippen LogP contribution is -2.42. The highest BCUT2D eigenvalue weighted by Gasteiger charge is 2.23. The van der Waals surface area contributed by atoms with Crippen LogP contribution in [0.4, 0.5) is 0 Å². The summed E-state index contributed by atoms with van der Waals surface area (Å²) in [6.07, 6.45) is 3.75. The van der Waals surface area contributed by atoms with E-state index in [9.17, 15) is 4.79 Å². The molecule has 0 bridgehead atoms. The van der Waals surface area contributed by atoms with Crippen LogP contribution in [0.5, 0.6) is 0 Å². The molecule has 1 saturated heterocycles. The van der Waals surface area contributed by atoms with E-state index in [2.05, 4.69) is 5.32 Å². The number of nitrogens with zero attached hydrogens (tertiary/aromatic N) is 1. The molecule has 0 radical (unpaired) electrons. The lowest BCUT2D eigenvalue weighted by atomic mass is 10.2. The fourth-order valence-corrected chi connectivity index (χ4v) is 2.35. The van der Waals surface area contributed by atoms with E-state index in [1.54, 1.807) is 17.9 Å². The van der Waals surface area contributed by atoms with Gasteiger partial charge >= 0.3 is 0 Å². The van der Waals surface area contributed by atoms with Crippen LogP contribution in [0, 0.1) is 6.92 Å². The number of nitrogens with one attached hydrogen (secondary N) is 1. The number of hydrogen-bond donors (Lipinski definition) is 2. The summed E-state index contributed by atoms with van der Waals surface area (Å²) in [4.78, 5) is 14.0. The van der Waals surface area contributed by atoms with Crippen molar-refractivity contribution in [1.29, 1.82) is 0 Å². The van der Waals surface area contributed by atoms with Crippen LogP contribution < -0.4 is 5.32 Å². The summed E-state index contributed by atoms with van der Waals surface area (Å²) < 4.78 is 5.16. The van der Waals surface area contributed by atoms with Crippen molar-refractivity contribution in [3.63, 3.8) is 0 Å². The summed E-state index contributed by atoms with van der Waals surface area (Å²) in [5, 5.41) is 12.4. The minimum atomic E-state index is -0.0657. The van der Waals surface area contributed by atoms with E-state index in [1.807, 2.05) is 0 Å². The van der Waals surface area contributed by atoms with Crippen molar-refractivity contribution in [3.05, 3.63) is 23.7 Å². The fourth-order valence-electron chi connectivity index (χ4n) is 2.35. The Morgan fingerprint density at radius 3 is 3.06 bits per heavy atom. The Hall–Kier alpha value is -1.33. The first kappa shape index (κ1) is 13.1. The van der Waals surface area contributed by atoms with Gasteiger partial charge in [-0.05, 0) is 32.4 Å². The number of rotatable bonds is 5. The van der Waals surface area contributed by atoms with Crippen LogP contribution in [0.15, 0.2) is 16.7 Å². The van der Waals surface area contributed by atoms with Gasteiger partial charge in [0.25, 0.3) is 5.91 Å². The second kappa shape index (κ2) is 6.02. The van der Waals surface area contributed by atoms with Gasteiger partial charge in [-0.25, -0.2) is 0 Å². The predicted molar refractivity (Wildman–Crippen MR) is 67.5 cm³/mol. The van der Waals surface area contributed by atoms with Gasteiger partial charge in [-0.1, -0.05) is 0 Å². The van der Waals surface area contributed by atoms with Crippen molar-refractivity contribution in [3.8, 4) is 0 Å².